The lowest BCUT2D eigenvalue weighted by Crippen LogP contribution is -2.36. The number of hydrogen-bond donors (Lipinski definition) is 3. The Morgan fingerprint density at radius 1 is 1.23 bits per heavy atom. The highest BCUT2D eigenvalue weighted by Gasteiger charge is 2.40. The Labute approximate surface area is 227 Å². The molecule has 1 saturated carbocycles. The fourth-order valence-corrected chi connectivity index (χ4v) is 5.80. The van der Waals surface area contributed by atoms with Crippen molar-refractivity contribution in [2.75, 3.05) is 13.2 Å². The van der Waals surface area contributed by atoms with E-state index in [-0.39, 0.29) is 18.8 Å². The highest BCUT2D eigenvalue weighted by molar-refractivity contribution is 7.52. The number of hydrogen-bond acceptors (Lipinski definition) is 9. The van der Waals surface area contributed by atoms with Gasteiger partial charge in [-0.2, -0.15) is 9.48 Å². The van der Waals surface area contributed by atoms with Crippen molar-refractivity contribution in [2.24, 2.45) is 5.92 Å². The Hall–Kier alpha value is -3.35. The Morgan fingerprint density at radius 2 is 1.98 bits per heavy atom. The zero-order valence-electron chi connectivity index (χ0n) is 21.5. The molecule has 5 atom stereocenters. The van der Waals surface area contributed by atoms with Gasteiger partial charge in [0.05, 0.1) is 25.5 Å². The summed E-state index contributed by atoms with van der Waals surface area (Å²) in [7, 11) is -4.30. The van der Waals surface area contributed by atoms with Gasteiger partial charge in [0.25, 0.3) is 5.56 Å². The first-order valence-corrected chi connectivity index (χ1v) is 14.4. The van der Waals surface area contributed by atoms with E-state index < -0.39 is 61.9 Å². The molecule has 2 aliphatic rings. The van der Waals surface area contributed by atoms with E-state index in [4.69, 9.17) is 18.5 Å². The number of carbonyl (C=O) groups excluding carboxylic acids is 1. The van der Waals surface area contributed by atoms with Crippen LogP contribution in [0.3, 0.4) is 0 Å². The molecule has 0 amide bonds. The second kappa shape index (κ2) is 11.6. The van der Waals surface area contributed by atoms with E-state index in [2.05, 4.69) is 5.09 Å². The fraction of sp³-hybridized carbons (Fsp3) is 0.423. The van der Waals surface area contributed by atoms with Crippen molar-refractivity contribution in [3.63, 3.8) is 0 Å². The fourth-order valence-electron chi connectivity index (χ4n) is 4.28. The monoisotopic (exact) mass is 577 g/mol. The van der Waals surface area contributed by atoms with Gasteiger partial charge in [-0.3, -0.25) is 23.7 Å². The quantitative estimate of drug-likeness (QED) is 0.229. The highest BCUT2D eigenvalue weighted by atomic mass is 31.2. The van der Waals surface area contributed by atoms with Crippen molar-refractivity contribution in [3.05, 3.63) is 75.3 Å². The molecule has 1 saturated heterocycles. The summed E-state index contributed by atoms with van der Waals surface area (Å²) in [6, 6.07) is 11.4. The third-order valence-corrected chi connectivity index (χ3v) is 8.31. The summed E-state index contributed by atoms with van der Waals surface area (Å²) in [5.74, 6) is -1.26. The number of aliphatic hydroxyl groups is 1. The van der Waals surface area contributed by atoms with Crippen LogP contribution in [-0.4, -0.2) is 52.1 Å². The molecule has 5 rings (SSSR count). The molecule has 1 aromatic heterocycles. The van der Waals surface area contributed by atoms with Crippen LogP contribution >= 0.6 is 7.75 Å². The summed E-state index contributed by atoms with van der Waals surface area (Å²) in [4.78, 5) is 37.9. The van der Waals surface area contributed by atoms with Crippen LogP contribution < -0.4 is 20.9 Å². The van der Waals surface area contributed by atoms with Gasteiger partial charge in [-0.15, -0.1) is 0 Å². The number of aromatic amines is 1. The standard InChI is InChI=1S/C26H29FN3O9P/c1-15(25(33)36-13-16-9-10-16)29-40(35,39-21-8-4-6-17-5-2-3-7-18(17)21)37-14-22-20(31)11-23(38-22)30-12-19(27)24(32)28-26(30)34/h2-8,12,15-16,20,22-23,31H,9-11,13-14H2,1H3,(H,29,35)(H,28,32,34)/t15-,20?,22+,23+,40?/m0/s1. The number of aliphatic hydroxyl groups excluding tert-OH is 1. The number of ether oxygens (including phenoxy) is 2. The van der Waals surface area contributed by atoms with Crippen molar-refractivity contribution in [2.45, 2.75) is 50.7 Å². The van der Waals surface area contributed by atoms with Crippen molar-refractivity contribution < 1.29 is 37.4 Å². The van der Waals surface area contributed by atoms with E-state index in [9.17, 15) is 28.4 Å². The minimum atomic E-state index is -4.30. The smallest absolute Gasteiger partial charge is 0.459 e. The van der Waals surface area contributed by atoms with Crippen molar-refractivity contribution >= 4 is 24.5 Å². The number of nitrogens with zero attached hydrogens (tertiary/aromatic N) is 1. The number of benzene rings is 2. The van der Waals surface area contributed by atoms with Crippen LogP contribution in [0.4, 0.5) is 4.39 Å². The van der Waals surface area contributed by atoms with Crippen molar-refractivity contribution in [3.8, 4) is 5.75 Å². The van der Waals surface area contributed by atoms with Crippen LogP contribution in [0.25, 0.3) is 10.8 Å². The first kappa shape index (κ1) is 28.2. The Morgan fingerprint density at radius 3 is 2.75 bits per heavy atom. The van der Waals surface area contributed by atoms with E-state index in [0.29, 0.717) is 17.5 Å². The number of esters is 1. The molecule has 14 heteroatoms. The summed E-state index contributed by atoms with van der Waals surface area (Å²) < 4.78 is 51.1. The number of carbonyl (C=O) groups is 1. The van der Waals surface area contributed by atoms with Crippen LogP contribution in [0.5, 0.6) is 5.75 Å². The maximum absolute atomic E-state index is 14.0. The number of halogens is 1. The van der Waals surface area contributed by atoms with E-state index in [1.54, 1.807) is 24.3 Å². The van der Waals surface area contributed by atoms with Gasteiger partial charge in [0.15, 0.2) is 0 Å². The predicted octanol–water partition coefficient (Wildman–Crippen LogP) is 2.61. The maximum Gasteiger partial charge on any atom is 0.459 e. The molecule has 3 aromatic rings. The lowest BCUT2D eigenvalue weighted by atomic mass is 10.1. The number of aromatic nitrogens is 2. The van der Waals surface area contributed by atoms with Gasteiger partial charge in [0.1, 0.15) is 24.1 Å². The van der Waals surface area contributed by atoms with E-state index >= 15 is 0 Å². The molecule has 3 N–H and O–H groups in total. The summed E-state index contributed by atoms with van der Waals surface area (Å²) in [6.45, 7) is 1.26. The Kier molecular flexibility index (Phi) is 8.20. The van der Waals surface area contributed by atoms with Crippen LogP contribution in [-0.2, 0) is 23.4 Å². The van der Waals surface area contributed by atoms with Crippen LogP contribution in [0, 0.1) is 11.7 Å². The summed E-state index contributed by atoms with van der Waals surface area (Å²) in [5.41, 5.74) is -2.10. The molecule has 2 aromatic carbocycles. The van der Waals surface area contributed by atoms with Crippen LogP contribution in [0.15, 0.2) is 58.3 Å². The molecule has 2 heterocycles. The van der Waals surface area contributed by atoms with Crippen LogP contribution in [0.1, 0.15) is 32.4 Å². The van der Waals surface area contributed by atoms with Gasteiger partial charge in [-0.1, -0.05) is 36.4 Å². The lowest BCUT2D eigenvalue weighted by Gasteiger charge is -2.25. The number of H-pyrrole nitrogens is 1. The SMILES string of the molecule is C[C@H](NP(=O)(OC[C@H]1O[C@@H](n2cc(F)c(=O)[nH]c2=O)CC1O)Oc1cccc2ccccc12)C(=O)OCC1CC1. The molecular weight excluding hydrogens is 548 g/mol. The average molecular weight is 578 g/mol. The minimum absolute atomic E-state index is 0.134. The third kappa shape index (κ3) is 6.51. The third-order valence-electron chi connectivity index (χ3n) is 6.68. The van der Waals surface area contributed by atoms with Gasteiger partial charge < -0.3 is 19.1 Å². The van der Waals surface area contributed by atoms with Gasteiger partial charge in [-0.05, 0) is 37.1 Å². The second-order valence-corrected chi connectivity index (χ2v) is 11.6. The molecule has 214 valence electrons. The molecule has 40 heavy (non-hydrogen) atoms. The molecule has 0 spiro atoms. The summed E-state index contributed by atoms with van der Waals surface area (Å²) in [5, 5.41) is 14.6. The molecule has 2 unspecified atom stereocenters. The van der Waals surface area contributed by atoms with Gasteiger partial charge in [-0.25, -0.2) is 9.36 Å². The summed E-state index contributed by atoms with van der Waals surface area (Å²) >= 11 is 0. The zero-order chi connectivity index (χ0) is 28.4. The Balaban J connectivity index is 1.33. The predicted molar refractivity (Wildman–Crippen MR) is 140 cm³/mol. The van der Waals surface area contributed by atoms with E-state index in [0.717, 1.165) is 22.8 Å². The first-order valence-electron chi connectivity index (χ1n) is 12.8. The summed E-state index contributed by atoms with van der Waals surface area (Å²) in [6.07, 6.45) is -0.885. The molecule has 1 aliphatic carbocycles. The molecule has 0 bridgehead atoms. The number of rotatable bonds is 11. The molecule has 1 aliphatic heterocycles. The van der Waals surface area contributed by atoms with Gasteiger partial charge >= 0.3 is 19.4 Å². The first-order chi connectivity index (χ1) is 19.1. The van der Waals surface area contributed by atoms with Crippen molar-refractivity contribution in [1.29, 1.82) is 0 Å². The highest BCUT2D eigenvalue weighted by Crippen LogP contribution is 2.47. The molecule has 2 fully saturated rings. The molecule has 12 nitrogen and oxygen atoms in total. The van der Waals surface area contributed by atoms with Gasteiger partial charge in [0.2, 0.25) is 5.82 Å². The Bertz CT molecular complexity index is 1550. The second-order valence-electron chi connectivity index (χ2n) is 9.86. The molecule has 0 radical (unpaired) electrons. The zero-order valence-corrected chi connectivity index (χ0v) is 22.4. The normalized spacial score (nSPS) is 23.0. The van der Waals surface area contributed by atoms with E-state index in [1.165, 1.54) is 6.92 Å². The minimum Gasteiger partial charge on any atom is -0.464 e. The average Bonchev–Trinajstić information content (AvgIpc) is 3.68. The number of fused-ring (bicyclic) bond motifs is 1. The maximum atomic E-state index is 14.0. The van der Waals surface area contributed by atoms with Crippen molar-refractivity contribution in [1.82, 2.24) is 14.6 Å². The topological polar surface area (TPSA) is 158 Å². The van der Waals surface area contributed by atoms with E-state index in [1.807, 2.05) is 23.2 Å². The number of nitrogens with one attached hydrogen (secondary N) is 2. The lowest BCUT2D eigenvalue weighted by molar-refractivity contribution is -0.145. The van der Waals surface area contributed by atoms with Gasteiger partial charge in [0, 0.05) is 11.8 Å². The molecular formula is C26H29FN3O9P. The largest absolute Gasteiger partial charge is 0.464 e. The van der Waals surface area contributed by atoms with Crippen LogP contribution in [0.2, 0.25) is 0 Å².